The first kappa shape index (κ1) is 15.5. The summed E-state index contributed by atoms with van der Waals surface area (Å²) in [5, 5.41) is 3.90. The molecule has 1 N–H and O–H groups in total. The molecule has 0 spiro atoms. The van der Waals surface area contributed by atoms with Crippen LogP contribution >= 0.6 is 11.6 Å². The van der Waals surface area contributed by atoms with Crippen LogP contribution in [0.15, 0.2) is 24.8 Å². The molecule has 0 unspecified atom stereocenters. The van der Waals surface area contributed by atoms with Gasteiger partial charge in [-0.05, 0) is 31.4 Å². The molecular formula is C16H22ClFN2. The number of nitrogens with zero attached hydrogens (tertiary/aromatic N) is 1. The number of allylic oxidation sites excluding steroid dienone is 1. The average Bonchev–Trinajstić information content (AvgIpc) is 2.47. The number of hydrogen-bond acceptors (Lipinski definition) is 2. The summed E-state index contributed by atoms with van der Waals surface area (Å²) in [6, 6.07) is 3.30. The second-order valence-electron chi connectivity index (χ2n) is 5.26. The van der Waals surface area contributed by atoms with Crippen LogP contribution in [-0.4, -0.2) is 31.1 Å². The lowest BCUT2D eigenvalue weighted by Gasteiger charge is -2.36. The molecule has 1 atom stereocenters. The van der Waals surface area contributed by atoms with Gasteiger partial charge in [-0.1, -0.05) is 23.7 Å². The molecule has 20 heavy (non-hydrogen) atoms. The van der Waals surface area contributed by atoms with Gasteiger partial charge in [-0.15, -0.1) is 6.58 Å². The van der Waals surface area contributed by atoms with E-state index in [1.54, 1.807) is 6.07 Å². The van der Waals surface area contributed by atoms with Crippen LogP contribution in [0.4, 0.5) is 4.39 Å². The molecule has 0 bridgehead atoms. The maximum Gasteiger partial charge on any atom is 0.129 e. The van der Waals surface area contributed by atoms with Gasteiger partial charge in [-0.2, -0.15) is 0 Å². The van der Waals surface area contributed by atoms with E-state index in [0.29, 0.717) is 10.6 Å². The summed E-state index contributed by atoms with van der Waals surface area (Å²) in [6.45, 7) is 9.42. The summed E-state index contributed by atoms with van der Waals surface area (Å²) in [5.41, 5.74) is 1.58. The van der Waals surface area contributed by atoms with Gasteiger partial charge in [0.25, 0.3) is 0 Å². The molecule has 1 aliphatic rings. The fraction of sp³-hybridized carbons (Fsp3) is 0.500. The van der Waals surface area contributed by atoms with E-state index in [2.05, 4.69) is 16.8 Å². The molecule has 2 rings (SSSR count). The smallest absolute Gasteiger partial charge is 0.129 e. The molecule has 0 saturated carbocycles. The quantitative estimate of drug-likeness (QED) is 0.834. The molecule has 0 amide bonds. The highest BCUT2D eigenvalue weighted by molar-refractivity contribution is 6.32. The second kappa shape index (κ2) is 7.21. The van der Waals surface area contributed by atoms with Crippen LogP contribution < -0.4 is 5.32 Å². The minimum atomic E-state index is -0.201. The SMILES string of the molecule is C=CCC[C@H](c1c(F)ccc(C)c1Cl)N1CCNCC1. The first-order valence-corrected chi connectivity index (χ1v) is 7.53. The maximum atomic E-state index is 14.3. The minimum Gasteiger partial charge on any atom is -0.314 e. The van der Waals surface area contributed by atoms with Crippen LogP contribution in [0.1, 0.15) is 30.0 Å². The van der Waals surface area contributed by atoms with Crippen molar-refractivity contribution in [3.63, 3.8) is 0 Å². The van der Waals surface area contributed by atoms with E-state index in [9.17, 15) is 4.39 Å². The van der Waals surface area contributed by atoms with Crippen molar-refractivity contribution in [1.82, 2.24) is 10.2 Å². The predicted octanol–water partition coefficient (Wildman–Crippen LogP) is 3.70. The Labute approximate surface area is 125 Å². The third-order valence-corrected chi connectivity index (χ3v) is 4.39. The van der Waals surface area contributed by atoms with Crippen molar-refractivity contribution in [2.24, 2.45) is 0 Å². The van der Waals surface area contributed by atoms with Crippen LogP contribution in [0.25, 0.3) is 0 Å². The zero-order valence-electron chi connectivity index (χ0n) is 12.0. The molecule has 0 radical (unpaired) electrons. The van der Waals surface area contributed by atoms with Crippen molar-refractivity contribution in [3.05, 3.63) is 46.8 Å². The van der Waals surface area contributed by atoms with Gasteiger partial charge in [0.2, 0.25) is 0 Å². The lowest BCUT2D eigenvalue weighted by atomic mass is 9.97. The number of piperazine rings is 1. The highest BCUT2D eigenvalue weighted by atomic mass is 35.5. The fourth-order valence-electron chi connectivity index (χ4n) is 2.76. The van der Waals surface area contributed by atoms with Crippen LogP contribution in [-0.2, 0) is 0 Å². The van der Waals surface area contributed by atoms with Gasteiger partial charge >= 0.3 is 0 Å². The van der Waals surface area contributed by atoms with E-state index < -0.39 is 0 Å². The molecule has 1 fully saturated rings. The largest absolute Gasteiger partial charge is 0.314 e. The Morgan fingerprint density at radius 3 is 2.80 bits per heavy atom. The van der Waals surface area contributed by atoms with Crippen molar-refractivity contribution in [2.45, 2.75) is 25.8 Å². The maximum absolute atomic E-state index is 14.3. The molecule has 1 aromatic rings. The van der Waals surface area contributed by atoms with E-state index in [1.807, 2.05) is 13.0 Å². The average molecular weight is 297 g/mol. The Bertz CT molecular complexity index is 470. The van der Waals surface area contributed by atoms with E-state index in [1.165, 1.54) is 6.07 Å². The Hall–Kier alpha value is -0.900. The van der Waals surface area contributed by atoms with E-state index >= 15 is 0 Å². The second-order valence-corrected chi connectivity index (χ2v) is 5.64. The predicted molar refractivity (Wildman–Crippen MR) is 82.8 cm³/mol. The zero-order valence-corrected chi connectivity index (χ0v) is 12.7. The van der Waals surface area contributed by atoms with Crippen LogP contribution in [0.5, 0.6) is 0 Å². The van der Waals surface area contributed by atoms with Crippen LogP contribution in [0.3, 0.4) is 0 Å². The van der Waals surface area contributed by atoms with Crippen molar-refractivity contribution >= 4 is 11.6 Å². The topological polar surface area (TPSA) is 15.3 Å². The Morgan fingerprint density at radius 2 is 2.15 bits per heavy atom. The Balaban J connectivity index is 2.34. The molecule has 0 aliphatic carbocycles. The molecule has 2 nitrogen and oxygen atoms in total. The Morgan fingerprint density at radius 1 is 1.45 bits per heavy atom. The zero-order chi connectivity index (χ0) is 14.5. The van der Waals surface area contributed by atoms with Crippen LogP contribution in [0, 0.1) is 12.7 Å². The highest BCUT2D eigenvalue weighted by Gasteiger charge is 2.26. The van der Waals surface area contributed by atoms with E-state index in [-0.39, 0.29) is 11.9 Å². The number of nitrogens with one attached hydrogen (secondary N) is 1. The third-order valence-electron chi connectivity index (χ3n) is 3.89. The molecule has 1 aliphatic heterocycles. The highest BCUT2D eigenvalue weighted by Crippen LogP contribution is 2.35. The normalized spacial score (nSPS) is 17.9. The first-order chi connectivity index (χ1) is 9.65. The van der Waals surface area contributed by atoms with Crippen molar-refractivity contribution < 1.29 is 4.39 Å². The minimum absolute atomic E-state index is 0.0301. The van der Waals surface area contributed by atoms with Gasteiger partial charge in [0.1, 0.15) is 5.82 Å². The summed E-state index contributed by atoms with van der Waals surface area (Å²) in [5.74, 6) is -0.201. The monoisotopic (exact) mass is 296 g/mol. The van der Waals surface area contributed by atoms with Crippen molar-refractivity contribution in [3.8, 4) is 0 Å². The molecule has 1 heterocycles. The third kappa shape index (κ3) is 3.40. The number of halogens is 2. The van der Waals surface area contributed by atoms with E-state index in [4.69, 9.17) is 11.6 Å². The lowest BCUT2D eigenvalue weighted by molar-refractivity contribution is 0.163. The summed E-state index contributed by atoms with van der Waals surface area (Å²) in [6.07, 6.45) is 3.60. The van der Waals surface area contributed by atoms with Crippen molar-refractivity contribution in [1.29, 1.82) is 0 Å². The van der Waals surface area contributed by atoms with Crippen molar-refractivity contribution in [2.75, 3.05) is 26.2 Å². The molecule has 4 heteroatoms. The summed E-state index contributed by atoms with van der Waals surface area (Å²) >= 11 is 6.38. The number of benzene rings is 1. The first-order valence-electron chi connectivity index (χ1n) is 7.15. The summed E-state index contributed by atoms with van der Waals surface area (Å²) < 4.78 is 14.3. The molecule has 1 aromatic carbocycles. The number of rotatable bonds is 5. The number of hydrogen-bond donors (Lipinski definition) is 1. The molecular weight excluding hydrogens is 275 g/mol. The van der Waals surface area contributed by atoms with Gasteiger partial charge < -0.3 is 5.32 Å². The summed E-state index contributed by atoms with van der Waals surface area (Å²) in [7, 11) is 0. The van der Waals surface area contributed by atoms with Gasteiger partial charge in [-0.25, -0.2) is 4.39 Å². The lowest BCUT2D eigenvalue weighted by Crippen LogP contribution is -2.45. The number of aryl methyl sites for hydroxylation is 1. The van der Waals surface area contributed by atoms with Gasteiger partial charge in [0, 0.05) is 37.8 Å². The molecule has 110 valence electrons. The molecule has 0 aromatic heterocycles. The molecule has 1 saturated heterocycles. The van der Waals surface area contributed by atoms with Gasteiger partial charge in [0.15, 0.2) is 0 Å². The van der Waals surface area contributed by atoms with Gasteiger partial charge in [-0.3, -0.25) is 4.90 Å². The fourth-order valence-corrected chi connectivity index (χ4v) is 3.04. The van der Waals surface area contributed by atoms with Crippen LogP contribution in [0.2, 0.25) is 5.02 Å². The van der Waals surface area contributed by atoms with Gasteiger partial charge in [0.05, 0.1) is 5.02 Å². The summed E-state index contributed by atoms with van der Waals surface area (Å²) in [4.78, 5) is 2.32. The Kier molecular flexibility index (Phi) is 5.58. The standard InChI is InChI=1S/C16H22ClFN2/c1-3-4-5-14(20-10-8-19-9-11-20)15-13(18)7-6-12(2)16(15)17/h3,6-7,14,19H,1,4-5,8-11H2,2H3/t14-/m1/s1. The van der Waals surface area contributed by atoms with E-state index in [0.717, 1.165) is 44.6 Å².